The fourth-order valence-corrected chi connectivity index (χ4v) is 5.07. The highest BCUT2D eigenvalue weighted by Gasteiger charge is 2.68. The van der Waals surface area contributed by atoms with Gasteiger partial charge in [-0.3, -0.25) is 0 Å². The second-order valence-corrected chi connectivity index (χ2v) is 6.71. The Labute approximate surface area is 98.9 Å². The molecule has 0 saturated heterocycles. The third kappa shape index (κ3) is 1.06. The normalized spacial score (nSPS) is 55.8. The number of hydrogen-bond donors (Lipinski definition) is 1. The summed E-state index contributed by atoms with van der Waals surface area (Å²) in [5.74, 6) is 1.65. The van der Waals surface area contributed by atoms with Crippen LogP contribution >= 0.6 is 0 Å². The van der Waals surface area contributed by atoms with Gasteiger partial charge in [0.15, 0.2) is 0 Å². The van der Waals surface area contributed by atoms with Gasteiger partial charge in [0, 0.05) is 5.41 Å². The molecule has 1 N–H and O–H groups in total. The minimum Gasteiger partial charge on any atom is -0.392 e. The van der Waals surface area contributed by atoms with Crippen LogP contribution in [0, 0.1) is 22.7 Å². The zero-order valence-electron chi connectivity index (χ0n) is 10.8. The van der Waals surface area contributed by atoms with Gasteiger partial charge in [0.1, 0.15) is 0 Å². The van der Waals surface area contributed by atoms with Crippen LogP contribution in [0.1, 0.15) is 52.9 Å². The van der Waals surface area contributed by atoms with Gasteiger partial charge in [-0.05, 0) is 43.4 Å². The molecule has 3 aliphatic rings. The van der Waals surface area contributed by atoms with Gasteiger partial charge in [-0.1, -0.05) is 38.3 Å². The summed E-state index contributed by atoms with van der Waals surface area (Å²) in [5, 5.41) is 10.2. The van der Waals surface area contributed by atoms with Crippen molar-refractivity contribution in [3.63, 3.8) is 0 Å². The predicted molar refractivity (Wildman–Crippen MR) is 66.0 cm³/mol. The maximum atomic E-state index is 10.2. The Morgan fingerprint density at radius 2 is 2.12 bits per heavy atom. The lowest BCUT2D eigenvalue weighted by atomic mass is 9.51. The zero-order chi connectivity index (χ0) is 11.6. The van der Waals surface area contributed by atoms with E-state index in [1.807, 2.05) is 0 Å². The highest BCUT2D eigenvalue weighted by molar-refractivity contribution is 5.34. The fraction of sp³-hybridized carbons (Fsp3) is 0.867. The van der Waals surface area contributed by atoms with Crippen LogP contribution in [0.2, 0.25) is 0 Å². The molecule has 0 bridgehead atoms. The van der Waals surface area contributed by atoms with Crippen molar-refractivity contribution >= 4 is 0 Å². The molecule has 3 aliphatic carbocycles. The van der Waals surface area contributed by atoms with Crippen LogP contribution in [0.5, 0.6) is 0 Å². The molecule has 1 spiro atoms. The molecule has 5 atom stereocenters. The highest BCUT2D eigenvalue weighted by atomic mass is 16.3. The van der Waals surface area contributed by atoms with E-state index in [1.54, 1.807) is 0 Å². The Morgan fingerprint density at radius 1 is 1.44 bits per heavy atom. The van der Waals surface area contributed by atoms with Crippen molar-refractivity contribution in [2.24, 2.45) is 22.7 Å². The summed E-state index contributed by atoms with van der Waals surface area (Å²) in [4.78, 5) is 0. The summed E-state index contributed by atoms with van der Waals surface area (Å²) in [5.41, 5.74) is 2.03. The molecular formula is C15H24O. The number of fused-ring (bicyclic) bond motifs is 2. The molecule has 0 aliphatic heterocycles. The van der Waals surface area contributed by atoms with E-state index >= 15 is 0 Å². The molecule has 0 amide bonds. The molecule has 0 radical (unpaired) electrons. The average molecular weight is 220 g/mol. The molecule has 90 valence electrons. The Kier molecular flexibility index (Phi) is 2.12. The minimum absolute atomic E-state index is 0.0538. The van der Waals surface area contributed by atoms with E-state index in [1.165, 1.54) is 31.3 Å². The predicted octanol–water partition coefficient (Wildman–Crippen LogP) is 3.53. The summed E-state index contributed by atoms with van der Waals surface area (Å²) in [6.45, 7) is 7.12. The van der Waals surface area contributed by atoms with Crippen molar-refractivity contribution in [3.8, 4) is 0 Å². The van der Waals surface area contributed by atoms with E-state index in [0.717, 1.165) is 18.3 Å². The van der Waals surface area contributed by atoms with Crippen LogP contribution in [0.15, 0.2) is 11.6 Å². The lowest BCUT2D eigenvalue weighted by Gasteiger charge is -2.53. The first kappa shape index (κ1) is 10.8. The maximum absolute atomic E-state index is 10.2. The second-order valence-electron chi connectivity index (χ2n) is 6.71. The van der Waals surface area contributed by atoms with E-state index in [-0.39, 0.29) is 11.5 Å². The Hall–Kier alpha value is -0.300. The lowest BCUT2D eigenvalue weighted by Crippen LogP contribution is -2.47. The molecule has 1 nitrogen and oxygen atoms in total. The second kappa shape index (κ2) is 3.13. The van der Waals surface area contributed by atoms with E-state index < -0.39 is 0 Å². The highest BCUT2D eigenvalue weighted by Crippen LogP contribution is 2.71. The van der Waals surface area contributed by atoms with Crippen molar-refractivity contribution < 1.29 is 5.11 Å². The minimum atomic E-state index is -0.0538. The van der Waals surface area contributed by atoms with Crippen molar-refractivity contribution in [1.82, 2.24) is 0 Å². The van der Waals surface area contributed by atoms with Crippen LogP contribution in [-0.2, 0) is 0 Å². The molecule has 0 aromatic carbocycles. The topological polar surface area (TPSA) is 20.2 Å². The van der Waals surface area contributed by atoms with Gasteiger partial charge in [-0.15, -0.1) is 0 Å². The van der Waals surface area contributed by atoms with Crippen LogP contribution in [0.4, 0.5) is 0 Å². The molecule has 3 rings (SSSR count). The zero-order valence-corrected chi connectivity index (χ0v) is 10.8. The monoisotopic (exact) mass is 220 g/mol. The van der Waals surface area contributed by atoms with Crippen LogP contribution in [0.25, 0.3) is 0 Å². The first-order valence-corrected chi connectivity index (χ1v) is 6.88. The molecule has 2 saturated carbocycles. The number of aliphatic hydroxyl groups is 1. The summed E-state index contributed by atoms with van der Waals surface area (Å²) in [6.07, 6.45) is 8.71. The average Bonchev–Trinajstić information content (AvgIpc) is 2.89. The standard InChI is InChI=1S/C15H24O/c1-10-5-4-8-14(3)12(10)7-6-11(2)15(14)9-13(15)16/h6,10,12-13,16H,4-5,7-9H2,1-3H3/t10-,12?,13?,14-,15?/m0/s1. The van der Waals surface area contributed by atoms with Crippen molar-refractivity contribution in [2.45, 2.75) is 59.0 Å². The molecule has 16 heavy (non-hydrogen) atoms. The Balaban J connectivity index is 2.05. The SMILES string of the molecule is CC1=CCC2[C@@H](C)CCC[C@]2(C)C12CC2O. The van der Waals surface area contributed by atoms with Gasteiger partial charge in [0.25, 0.3) is 0 Å². The van der Waals surface area contributed by atoms with E-state index in [4.69, 9.17) is 0 Å². The summed E-state index contributed by atoms with van der Waals surface area (Å²) in [7, 11) is 0. The maximum Gasteiger partial charge on any atom is 0.0649 e. The van der Waals surface area contributed by atoms with Crippen LogP contribution in [-0.4, -0.2) is 11.2 Å². The van der Waals surface area contributed by atoms with Crippen molar-refractivity contribution in [3.05, 3.63) is 11.6 Å². The summed E-state index contributed by atoms with van der Waals surface area (Å²) in [6, 6.07) is 0. The Bertz CT molecular complexity index is 345. The first-order chi connectivity index (χ1) is 7.52. The van der Waals surface area contributed by atoms with E-state index in [2.05, 4.69) is 26.8 Å². The molecule has 0 heterocycles. The van der Waals surface area contributed by atoms with Gasteiger partial charge in [-0.25, -0.2) is 0 Å². The third-order valence-corrected chi connectivity index (χ3v) is 6.19. The van der Waals surface area contributed by atoms with Gasteiger partial charge >= 0.3 is 0 Å². The number of aliphatic hydroxyl groups excluding tert-OH is 1. The largest absolute Gasteiger partial charge is 0.392 e. The molecule has 2 fully saturated rings. The summed E-state index contributed by atoms with van der Waals surface area (Å²) >= 11 is 0. The van der Waals surface area contributed by atoms with E-state index in [9.17, 15) is 5.11 Å². The van der Waals surface area contributed by atoms with Crippen molar-refractivity contribution in [2.75, 3.05) is 0 Å². The van der Waals surface area contributed by atoms with Gasteiger partial charge in [-0.2, -0.15) is 0 Å². The lowest BCUT2D eigenvalue weighted by molar-refractivity contribution is -0.0179. The molecular weight excluding hydrogens is 196 g/mol. The third-order valence-electron chi connectivity index (χ3n) is 6.19. The van der Waals surface area contributed by atoms with Gasteiger partial charge in [0.2, 0.25) is 0 Å². The number of rotatable bonds is 0. The number of hydrogen-bond acceptors (Lipinski definition) is 1. The van der Waals surface area contributed by atoms with Crippen molar-refractivity contribution in [1.29, 1.82) is 0 Å². The Morgan fingerprint density at radius 3 is 2.75 bits per heavy atom. The van der Waals surface area contributed by atoms with E-state index in [0.29, 0.717) is 5.41 Å². The number of allylic oxidation sites excluding steroid dienone is 1. The van der Waals surface area contributed by atoms with Crippen LogP contribution in [0.3, 0.4) is 0 Å². The van der Waals surface area contributed by atoms with Gasteiger partial charge < -0.3 is 5.11 Å². The fourth-order valence-electron chi connectivity index (χ4n) is 5.07. The summed E-state index contributed by atoms with van der Waals surface area (Å²) < 4.78 is 0. The quantitative estimate of drug-likeness (QED) is 0.619. The molecule has 3 unspecified atom stereocenters. The first-order valence-electron chi connectivity index (χ1n) is 6.88. The molecule has 0 aromatic rings. The molecule has 0 aromatic heterocycles. The van der Waals surface area contributed by atoms with Gasteiger partial charge in [0.05, 0.1) is 6.10 Å². The molecule has 1 heteroatoms. The smallest absolute Gasteiger partial charge is 0.0649 e. The van der Waals surface area contributed by atoms with Crippen LogP contribution < -0.4 is 0 Å².